The smallest absolute Gasteiger partial charge is 0.305 e. The number of aliphatic imine (C=N–C) groups is 1. The Labute approximate surface area is 377 Å². The zero-order chi connectivity index (χ0) is 49.0. The number of hydrogen-bond acceptors (Lipinski definition) is 17. The molecule has 21 heteroatoms. The first-order valence-corrected chi connectivity index (χ1v) is 22.6. The van der Waals surface area contributed by atoms with Crippen molar-refractivity contribution in [2.75, 3.05) is 33.3 Å². The van der Waals surface area contributed by atoms with E-state index in [0.29, 0.717) is 75.2 Å². The van der Waals surface area contributed by atoms with E-state index in [9.17, 15) is 64.8 Å². The van der Waals surface area contributed by atoms with Crippen molar-refractivity contribution in [3.63, 3.8) is 0 Å². The van der Waals surface area contributed by atoms with Gasteiger partial charge in [0.25, 0.3) is 11.8 Å². The molecule has 0 heterocycles. The van der Waals surface area contributed by atoms with Gasteiger partial charge in [-0.15, -0.1) is 0 Å². The Balaban J connectivity index is 0. The molecule has 0 fully saturated rings. The molecule has 0 aromatic rings. The number of amidine groups is 1. The summed E-state index contributed by atoms with van der Waals surface area (Å²) in [6, 6.07) is 0. The summed E-state index contributed by atoms with van der Waals surface area (Å²) in [5.74, 6) is -3.08. The first kappa shape index (κ1) is 62.3. The van der Waals surface area contributed by atoms with Crippen LogP contribution in [0.1, 0.15) is 142 Å². The lowest BCUT2D eigenvalue weighted by Gasteiger charge is -2.25. The van der Waals surface area contributed by atoms with Crippen LogP contribution < -0.4 is 22.1 Å². The summed E-state index contributed by atoms with van der Waals surface area (Å²) >= 11 is 0. The number of hydrogen-bond donors (Lipinski definition) is 14. The fourth-order valence-electron chi connectivity index (χ4n) is 5.94. The number of carbonyl (C=O) groups excluding carboxylic acids is 5. The number of methoxy groups -OCH3 is 1. The van der Waals surface area contributed by atoms with Crippen LogP contribution in [0, 0.1) is 10.8 Å². The Morgan fingerprint density at radius 2 is 0.953 bits per heavy atom. The van der Waals surface area contributed by atoms with Crippen LogP contribution in [0.5, 0.6) is 0 Å². The van der Waals surface area contributed by atoms with Crippen LogP contribution >= 0.6 is 0 Å². The molecule has 2 amide bonds. The molecule has 0 aromatic carbocycles. The topological polar surface area (TPSA) is 394 Å². The summed E-state index contributed by atoms with van der Waals surface area (Å²) in [7, 11) is 1.36. The molecule has 0 aliphatic rings. The van der Waals surface area contributed by atoms with Crippen LogP contribution in [0.25, 0.3) is 0 Å². The van der Waals surface area contributed by atoms with Gasteiger partial charge in [0, 0.05) is 63.2 Å². The van der Waals surface area contributed by atoms with E-state index in [1.807, 2.05) is 6.92 Å². The molecule has 372 valence electrons. The van der Waals surface area contributed by atoms with E-state index in [2.05, 4.69) is 33.0 Å². The van der Waals surface area contributed by atoms with Gasteiger partial charge in [-0.25, -0.2) is 0 Å². The van der Waals surface area contributed by atoms with Gasteiger partial charge in [0.2, 0.25) is 0 Å². The second-order valence-corrected chi connectivity index (χ2v) is 15.8. The first-order valence-electron chi connectivity index (χ1n) is 22.6. The maximum Gasteiger partial charge on any atom is 0.305 e. The molecule has 0 radical (unpaired) electrons. The monoisotopic (exact) mass is 921 g/mol. The van der Waals surface area contributed by atoms with Crippen LogP contribution in [0.15, 0.2) is 4.99 Å². The number of aliphatic hydroxyl groups is 8. The van der Waals surface area contributed by atoms with Crippen LogP contribution in [0.3, 0.4) is 0 Å². The number of nitrogens with two attached hydrogens (primary N) is 1. The fourth-order valence-corrected chi connectivity index (χ4v) is 5.94. The number of carbonyl (C=O) groups is 5. The molecule has 0 unspecified atom stereocenters. The lowest BCUT2D eigenvalue weighted by atomic mass is 9.97. The largest absolute Gasteiger partial charge is 0.469 e. The molecular weight excluding hydrogens is 839 g/mol. The van der Waals surface area contributed by atoms with E-state index >= 15 is 0 Å². The molecule has 0 bridgehead atoms. The number of amides is 2. The van der Waals surface area contributed by atoms with Crippen molar-refractivity contribution in [2.24, 2.45) is 10.7 Å². The molecule has 0 spiro atoms. The summed E-state index contributed by atoms with van der Waals surface area (Å²) in [6.45, 7) is 5.07. The summed E-state index contributed by atoms with van der Waals surface area (Å²) in [6.07, 6.45) is -3.29. The molecule has 21 nitrogen and oxygen atoms in total. The van der Waals surface area contributed by atoms with E-state index in [1.54, 1.807) is 0 Å². The predicted octanol–water partition coefficient (Wildman–Crippen LogP) is -1.12. The number of esters is 1. The number of ketones is 2. The van der Waals surface area contributed by atoms with Crippen LogP contribution in [-0.2, 0) is 28.7 Å². The molecule has 0 aliphatic carbocycles. The third-order valence-corrected chi connectivity index (χ3v) is 10.2. The SMILES string of the molecule is CCC(N)=NCCCC(=O)[C@H](O)[C@@H](O)[C@@H](O)[C@H](O)C(=O)NCCCC(=N)CCCCCCC(=O)OC.CCCCCCC(=N)CCCNC(=O)[C@@H](O)[C@H](O)[C@H](O)[C@@H](O)C(=O)CCC[NH3+]. The minimum absolute atomic E-state index is 0.0128. The number of rotatable bonds is 38. The Morgan fingerprint density at radius 3 is 1.36 bits per heavy atom. The fraction of sp³-hybridized carbons (Fsp3) is 0.814. The van der Waals surface area contributed by atoms with Gasteiger partial charge in [-0.05, 0) is 64.2 Å². The maximum atomic E-state index is 12.1. The summed E-state index contributed by atoms with van der Waals surface area (Å²) in [5, 5.41) is 99.9. The van der Waals surface area contributed by atoms with Crippen LogP contribution in [0.2, 0.25) is 0 Å². The molecule has 0 aliphatic heterocycles. The van der Waals surface area contributed by atoms with Gasteiger partial charge < -0.3 is 78.5 Å². The van der Waals surface area contributed by atoms with E-state index in [0.717, 1.165) is 57.8 Å². The van der Waals surface area contributed by atoms with Gasteiger partial charge in [0.05, 0.1) is 19.5 Å². The highest BCUT2D eigenvalue weighted by Gasteiger charge is 2.38. The molecule has 17 N–H and O–H groups in total. The van der Waals surface area contributed by atoms with Crippen LogP contribution in [0.4, 0.5) is 0 Å². The van der Waals surface area contributed by atoms with Crippen molar-refractivity contribution in [1.29, 1.82) is 10.8 Å². The molecule has 0 rings (SSSR count). The lowest BCUT2D eigenvalue weighted by Crippen LogP contribution is -2.53. The van der Waals surface area contributed by atoms with E-state index in [4.69, 9.17) is 16.6 Å². The van der Waals surface area contributed by atoms with Crippen molar-refractivity contribution in [1.82, 2.24) is 10.6 Å². The Bertz CT molecular complexity index is 1390. The molecule has 0 saturated carbocycles. The summed E-state index contributed by atoms with van der Waals surface area (Å²) in [4.78, 5) is 62.7. The number of unbranched alkanes of at least 4 members (excludes halogenated alkanes) is 6. The highest BCUT2D eigenvalue weighted by Crippen LogP contribution is 2.12. The zero-order valence-corrected chi connectivity index (χ0v) is 38.3. The number of Topliss-reactive ketones (excluding diaryl/α,β-unsaturated/α-hetero) is 2. The highest BCUT2D eigenvalue weighted by atomic mass is 16.5. The van der Waals surface area contributed by atoms with Crippen molar-refractivity contribution in [3.05, 3.63) is 0 Å². The van der Waals surface area contributed by atoms with Gasteiger partial charge in [-0.2, -0.15) is 0 Å². The summed E-state index contributed by atoms with van der Waals surface area (Å²) < 4.78 is 4.58. The number of quaternary nitrogens is 1. The molecule has 8 atom stereocenters. The van der Waals surface area contributed by atoms with Crippen LogP contribution in [-0.4, -0.2) is 170 Å². The highest BCUT2D eigenvalue weighted by molar-refractivity contribution is 5.86. The second kappa shape index (κ2) is 38.5. The summed E-state index contributed by atoms with van der Waals surface area (Å²) in [5.41, 5.74) is 10.3. The van der Waals surface area contributed by atoms with Gasteiger partial charge >= 0.3 is 5.97 Å². The van der Waals surface area contributed by atoms with Crippen molar-refractivity contribution in [3.8, 4) is 0 Å². The van der Waals surface area contributed by atoms with Crippen molar-refractivity contribution < 1.29 is 75.3 Å². The predicted molar refractivity (Wildman–Crippen MR) is 239 cm³/mol. The Kier molecular flexibility index (Phi) is 37.4. The quantitative estimate of drug-likeness (QED) is 0.0151. The van der Waals surface area contributed by atoms with Gasteiger partial charge in [-0.1, -0.05) is 46.0 Å². The van der Waals surface area contributed by atoms with Crippen molar-refractivity contribution in [2.45, 2.75) is 191 Å². The number of ether oxygens (including phenoxy) is 1. The van der Waals surface area contributed by atoms with Gasteiger partial charge in [0.15, 0.2) is 23.8 Å². The standard InChI is InChI=1S/C24H44N4O8.C19H37N3O6/c1-3-18(26)27-14-9-12-17(29)20(31)21(32)22(33)23(34)24(35)28-15-8-11-16(25)10-6-4-5-7-13-19(30)36-2;1-2-3-4-5-8-13(21)9-7-12-22-19(28)18(27)17(26)16(25)15(24)14(23)10-6-11-20/h20-23,25,31-34H,3-15H2,1-2H3,(H2,26,27)(H,28,35);15-18,21,24-27H,2-12,20H2,1H3,(H,22,28)/p+1/t20-,21+,22+,23-;15-,16+,17+,18-/m00/s1. The van der Waals surface area contributed by atoms with E-state index < -0.39 is 72.2 Å². The Morgan fingerprint density at radius 1 is 0.562 bits per heavy atom. The number of nitrogens with one attached hydrogen (secondary N) is 4. The third-order valence-electron chi connectivity index (χ3n) is 10.2. The molecule has 0 aromatic heterocycles. The molecule has 0 saturated heterocycles. The third kappa shape index (κ3) is 29.6. The average molecular weight is 921 g/mol. The first-order chi connectivity index (χ1) is 30.3. The maximum absolute atomic E-state index is 12.1. The lowest BCUT2D eigenvalue weighted by molar-refractivity contribution is -0.368. The van der Waals surface area contributed by atoms with Crippen molar-refractivity contribution >= 4 is 46.6 Å². The van der Waals surface area contributed by atoms with E-state index in [-0.39, 0.29) is 44.9 Å². The Hall–Kier alpha value is -3.80. The molecule has 64 heavy (non-hydrogen) atoms. The average Bonchev–Trinajstić information content (AvgIpc) is 3.29. The normalized spacial score (nSPS) is 15.2. The number of aliphatic hydroxyl groups excluding tert-OH is 8. The van der Waals surface area contributed by atoms with Gasteiger partial charge in [-0.3, -0.25) is 29.0 Å². The number of nitrogens with zero attached hydrogens (tertiary/aromatic N) is 1. The van der Waals surface area contributed by atoms with Gasteiger partial charge in [0.1, 0.15) is 36.6 Å². The molecular formula is C43H82N7O14+. The minimum atomic E-state index is -2.06. The zero-order valence-electron chi connectivity index (χ0n) is 38.3. The van der Waals surface area contributed by atoms with E-state index in [1.165, 1.54) is 7.11 Å². The minimum Gasteiger partial charge on any atom is -0.469 e. The second-order valence-electron chi connectivity index (χ2n) is 15.8.